The van der Waals surface area contributed by atoms with Crippen molar-refractivity contribution in [3.05, 3.63) is 47.1 Å². The Bertz CT molecular complexity index is 483. The molecule has 0 aliphatic heterocycles. The molecule has 2 aromatic heterocycles. The summed E-state index contributed by atoms with van der Waals surface area (Å²) in [5.41, 5.74) is -0.211. The molecule has 0 bridgehead atoms. The van der Waals surface area contributed by atoms with Crippen molar-refractivity contribution < 1.29 is 9.52 Å². The van der Waals surface area contributed by atoms with Crippen molar-refractivity contribution in [3.8, 4) is 0 Å². The molecule has 2 aromatic rings. The number of nitrogens with zero attached hydrogens (tertiary/aromatic N) is 1. The first kappa shape index (κ1) is 12.1. The van der Waals surface area contributed by atoms with Gasteiger partial charge in [-0.2, -0.15) is 0 Å². The summed E-state index contributed by atoms with van der Waals surface area (Å²) < 4.78 is 6.08. The van der Waals surface area contributed by atoms with Crippen LogP contribution < -0.4 is 5.32 Å². The van der Waals surface area contributed by atoms with Crippen molar-refractivity contribution in [1.29, 1.82) is 0 Å². The van der Waals surface area contributed by atoms with E-state index in [4.69, 9.17) is 4.42 Å². The Kier molecular flexibility index (Phi) is 3.49. The number of hydrogen-bond donors (Lipinski definition) is 2. The standard InChI is InChI=1S/C12H13BrN2O2/c1-12(16,11-3-2-4-17-11)8-15-10-5-9(13)6-14-7-10/h2-7,15-16H,8H2,1H3. The Labute approximate surface area is 108 Å². The van der Waals surface area contributed by atoms with Gasteiger partial charge in [-0.15, -0.1) is 0 Å². The molecule has 0 spiro atoms. The Morgan fingerprint density at radius 1 is 1.53 bits per heavy atom. The van der Waals surface area contributed by atoms with E-state index in [0.717, 1.165) is 10.2 Å². The van der Waals surface area contributed by atoms with Gasteiger partial charge in [0.25, 0.3) is 0 Å². The third-order valence-corrected chi connectivity index (χ3v) is 2.83. The fourth-order valence-electron chi connectivity index (χ4n) is 1.45. The zero-order valence-electron chi connectivity index (χ0n) is 9.35. The van der Waals surface area contributed by atoms with E-state index in [9.17, 15) is 5.11 Å². The van der Waals surface area contributed by atoms with Gasteiger partial charge in [-0.05, 0) is 41.1 Å². The van der Waals surface area contributed by atoms with Crippen LogP contribution in [0, 0.1) is 0 Å². The molecule has 0 aromatic carbocycles. The SMILES string of the molecule is CC(O)(CNc1cncc(Br)c1)c1ccco1. The summed E-state index contributed by atoms with van der Waals surface area (Å²) in [6.07, 6.45) is 4.95. The third kappa shape index (κ3) is 3.08. The summed E-state index contributed by atoms with van der Waals surface area (Å²) >= 11 is 3.34. The lowest BCUT2D eigenvalue weighted by atomic mass is 10.0. The molecular formula is C12H13BrN2O2. The normalized spacial score (nSPS) is 14.3. The van der Waals surface area contributed by atoms with Gasteiger partial charge in [-0.3, -0.25) is 4.98 Å². The number of aromatic nitrogens is 1. The summed E-state index contributed by atoms with van der Waals surface area (Å²) in [6.45, 7) is 2.04. The number of furan rings is 1. The monoisotopic (exact) mass is 296 g/mol. The van der Waals surface area contributed by atoms with E-state index in [0.29, 0.717) is 12.3 Å². The number of pyridine rings is 1. The fourth-order valence-corrected chi connectivity index (χ4v) is 1.82. The lowest BCUT2D eigenvalue weighted by Crippen LogP contribution is -2.30. The van der Waals surface area contributed by atoms with Gasteiger partial charge in [-0.1, -0.05) is 0 Å². The smallest absolute Gasteiger partial charge is 0.136 e. The summed E-state index contributed by atoms with van der Waals surface area (Å²) in [6, 6.07) is 5.40. The maximum absolute atomic E-state index is 10.2. The van der Waals surface area contributed by atoms with Crippen LogP contribution >= 0.6 is 15.9 Å². The molecule has 0 aliphatic rings. The van der Waals surface area contributed by atoms with Crippen molar-refractivity contribution in [2.24, 2.45) is 0 Å². The number of nitrogens with one attached hydrogen (secondary N) is 1. The minimum Gasteiger partial charge on any atom is -0.466 e. The van der Waals surface area contributed by atoms with Gasteiger partial charge < -0.3 is 14.8 Å². The van der Waals surface area contributed by atoms with Gasteiger partial charge in [0, 0.05) is 10.7 Å². The zero-order chi connectivity index (χ0) is 12.3. The topological polar surface area (TPSA) is 58.3 Å². The highest BCUT2D eigenvalue weighted by atomic mass is 79.9. The summed E-state index contributed by atoms with van der Waals surface area (Å²) in [4.78, 5) is 4.03. The summed E-state index contributed by atoms with van der Waals surface area (Å²) in [5, 5.41) is 13.3. The fraction of sp³-hybridized carbons (Fsp3) is 0.250. The molecule has 4 nitrogen and oxygen atoms in total. The van der Waals surface area contributed by atoms with Crippen LogP contribution in [0.25, 0.3) is 0 Å². The molecule has 90 valence electrons. The van der Waals surface area contributed by atoms with Crippen LogP contribution in [0.1, 0.15) is 12.7 Å². The highest BCUT2D eigenvalue weighted by Crippen LogP contribution is 2.22. The maximum Gasteiger partial charge on any atom is 0.136 e. The third-order valence-electron chi connectivity index (χ3n) is 2.39. The number of anilines is 1. The van der Waals surface area contributed by atoms with E-state index < -0.39 is 5.60 Å². The van der Waals surface area contributed by atoms with Gasteiger partial charge in [0.05, 0.1) is 24.7 Å². The van der Waals surface area contributed by atoms with Gasteiger partial charge in [0.15, 0.2) is 0 Å². The Balaban J connectivity index is 2.03. The molecule has 2 rings (SSSR count). The van der Waals surface area contributed by atoms with Crippen molar-refractivity contribution in [2.45, 2.75) is 12.5 Å². The van der Waals surface area contributed by atoms with E-state index in [1.54, 1.807) is 37.7 Å². The minimum atomic E-state index is -1.05. The van der Waals surface area contributed by atoms with Crippen LogP contribution in [0.3, 0.4) is 0 Å². The molecule has 2 N–H and O–H groups in total. The highest BCUT2D eigenvalue weighted by molar-refractivity contribution is 9.10. The average molecular weight is 297 g/mol. The molecule has 17 heavy (non-hydrogen) atoms. The van der Waals surface area contributed by atoms with Crippen LogP contribution in [0.5, 0.6) is 0 Å². The summed E-state index contributed by atoms with van der Waals surface area (Å²) in [5.74, 6) is 0.535. The van der Waals surface area contributed by atoms with E-state index in [1.165, 1.54) is 0 Å². The van der Waals surface area contributed by atoms with Crippen LogP contribution in [0.15, 0.2) is 45.7 Å². The van der Waals surface area contributed by atoms with E-state index in [1.807, 2.05) is 6.07 Å². The van der Waals surface area contributed by atoms with Crippen molar-refractivity contribution in [2.75, 3.05) is 11.9 Å². The van der Waals surface area contributed by atoms with Crippen molar-refractivity contribution in [3.63, 3.8) is 0 Å². The van der Waals surface area contributed by atoms with Gasteiger partial charge in [-0.25, -0.2) is 0 Å². The van der Waals surface area contributed by atoms with Crippen LogP contribution in [0.2, 0.25) is 0 Å². The molecule has 0 amide bonds. The van der Waals surface area contributed by atoms with E-state index in [2.05, 4.69) is 26.2 Å². The first-order chi connectivity index (χ1) is 8.08. The number of hydrogen-bond acceptors (Lipinski definition) is 4. The summed E-state index contributed by atoms with van der Waals surface area (Å²) in [7, 11) is 0. The second kappa shape index (κ2) is 4.89. The predicted molar refractivity (Wildman–Crippen MR) is 68.7 cm³/mol. The first-order valence-electron chi connectivity index (χ1n) is 5.19. The van der Waals surface area contributed by atoms with E-state index in [-0.39, 0.29) is 0 Å². The molecule has 0 saturated carbocycles. The van der Waals surface area contributed by atoms with Crippen molar-refractivity contribution >= 4 is 21.6 Å². The number of aliphatic hydroxyl groups is 1. The maximum atomic E-state index is 10.2. The second-order valence-corrected chi connectivity index (χ2v) is 4.91. The number of rotatable bonds is 4. The Hall–Kier alpha value is -1.33. The van der Waals surface area contributed by atoms with Crippen LogP contribution in [0.4, 0.5) is 5.69 Å². The largest absolute Gasteiger partial charge is 0.466 e. The molecule has 2 heterocycles. The molecule has 0 aliphatic carbocycles. The minimum absolute atomic E-state index is 0.346. The lowest BCUT2D eigenvalue weighted by molar-refractivity contribution is 0.0476. The molecule has 5 heteroatoms. The van der Waals surface area contributed by atoms with Crippen LogP contribution in [-0.2, 0) is 5.60 Å². The molecular weight excluding hydrogens is 284 g/mol. The average Bonchev–Trinajstić information content (AvgIpc) is 2.81. The second-order valence-electron chi connectivity index (χ2n) is 4.00. The zero-order valence-corrected chi connectivity index (χ0v) is 10.9. The molecule has 0 saturated heterocycles. The van der Waals surface area contributed by atoms with Gasteiger partial charge in [0.1, 0.15) is 11.4 Å². The van der Waals surface area contributed by atoms with Gasteiger partial charge >= 0.3 is 0 Å². The Morgan fingerprint density at radius 2 is 2.35 bits per heavy atom. The molecule has 0 fully saturated rings. The first-order valence-corrected chi connectivity index (χ1v) is 5.98. The quantitative estimate of drug-likeness (QED) is 0.911. The molecule has 1 atom stereocenters. The van der Waals surface area contributed by atoms with Gasteiger partial charge in [0.2, 0.25) is 0 Å². The number of halogens is 1. The predicted octanol–water partition coefficient (Wildman–Crippen LogP) is 2.76. The van der Waals surface area contributed by atoms with Crippen molar-refractivity contribution in [1.82, 2.24) is 4.98 Å². The molecule has 0 radical (unpaired) electrons. The van der Waals surface area contributed by atoms with Crippen LogP contribution in [-0.4, -0.2) is 16.6 Å². The highest BCUT2D eigenvalue weighted by Gasteiger charge is 2.25. The van der Waals surface area contributed by atoms with E-state index >= 15 is 0 Å². The lowest BCUT2D eigenvalue weighted by Gasteiger charge is -2.21. The molecule has 1 unspecified atom stereocenters. The Morgan fingerprint density at radius 3 is 3.00 bits per heavy atom.